The van der Waals surface area contributed by atoms with Gasteiger partial charge in [-0.3, -0.25) is 4.98 Å². The van der Waals surface area contributed by atoms with Gasteiger partial charge in [0.05, 0.1) is 17.4 Å². The fourth-order valence-electron chi connectivity index (χ4n) is 3.04. The first-order valence-corrected chi connectivity index (χ1v) is 8.04. The number of rotatable bonds is 2. The van der Waals surface area contributed by atoms with E-state index < -0.39 is 6.03 Å². The molecule has 2 heterocycles. The van der Waals surface area contributed by atoms with E-state index in [0.29, 0.717) is 11.1 Å². The molecule has 1 amide bonds. The quantitative estimate of drug-likeness (QED) is 0.593. The van der Waals surface area contributed by atoms with E-state index in [4.69, 9.17) is 5.73 Å². The van der Waals surface area contributed by atoms with E-state index >= 15 is 0 Å². The smallest absolute Gasteiger partial charge is 0.340 e. The Morgan fingerprint density at radius 2 is 1.92 bits per heavy atom. The second-order valence-electron chi connectivity index (χ2n) is 6.03. The summed E-state index contributed by atoms with van der Waals surface area (Å²) in [6, 6.07) is 13.8. The number of aromatic nitrogens is 3. The number of aryl methyl sites for hydroxylation is 1. The molecular weight excluding hydrogens is 331 g/mol. The number of benzene rings is 2. The number of amides is 1. The van der Waals surface area contributed by atoms with Gasteiger partial charge in [-0.15, -0.1) is 0 Å². The molecule has 5 nitrogen and oxygen atoms in total. The summed E-state index contributed by atoms with van der Waals surface area (Å²) in [7, 11) is 0. The predicted octanol–water partition coefficient (Wildman–Crippen LogP) is 4.14. The number of hydrogen-bond donors (Lipinski definition) is 1. The number of pyridine rings is 1. The van der Waals surface area contributed by atoms with Gasteiger partial charge < -0.3 is 5.73 Å². The van der Waals surface area contributed by atoms with E-state index in [2.05, 4.69) is 10.1 Å². The molecule has 0 unspecified atom stereocenters. The number of carbonyl (C=O) groups excluding carboxylic acids is 1. The molecular formula is C20H15FN4O. The van der Waals surface area contributed by atoms with Crippen molar-refractivity contribution >= 4 is 16.9 Å². The molecule has 2 aromatic carbocycles. The van der Waals surface area contributed by atoms with Gasteiger partial charge in [-0.2, -0.15) is 9.78 Å². The van der Waals surface area contributed by atoms with Gasteiger partial charge in [-0.1, -0.05) is 12.1 Å². The molecule has 26 heavy (non-hydrogen) atoms. The maximum atomic E-state index is 13.6. The summed E-state index contributed by atoms with van der Waals surface area (Å²) < 4.78 is 14.8. The maximum absolute atomic E-state index is 13.6. The van der Waals surface area contributed by atoms with E-state index in [-0.39, 0.29) is 5.82 Å². The molecule has 0 spiro atoms. The first-order valence-electron chi connectivity index (χ1n) is 8.04. The van der Waals surface area contributed by atoms with E-state index in [1.54, 1.807) is 37.5 Å². The van der Waals surface area contributed by atoms with Gasteiger partial charge in [-0.25, -0.2) is 9.18 Å². The summed E-state index contributed by atoms with van der Waals surface area (Å²) >= 11 is 0. The Kier molecular flexibility index (Phi) is 3.73. The van der Waals surface area contributed by atoms with Crippen molar-refractivity contribution in [1.29, 1.82) is 0 Å². The van der Waals surface area contributed by atoms with Crippen LogP contribution in [0.3, 0.4) is 0 Å². The zero-order chi connectivity index (χ0) is 18.3. The van der Waals surface area contributed by atoms with Gasteiger partial charge in [0.25, 0.3) is 0 Å². The topological polar surface area (TPSA) is 73.8 Å². The summed E-state index contributed by atoms with van der Waals surface area (Å²) in [5.41, 5.74) is 9.96. The standard InChI is InChI=1S/C20H15FN4O/c1-12-9-14(4-6-17(12)21)19-16(3-2-8-23-19)13-5-7-18-15(10-13)11-24-25(18)20(22)26/h2-11H,1H3,(H2,22,26). The van der Waals surface area contributed by atoms with Crippen molar-refractivity contribution in [3.63, 3.8) is 0 Å². The Hall–Kier alpha value is -3.54. The van der Waals surface area contributed by atoms with Crippen LogP contribution in [0, 0.1) is 12.7 Å². The minimum Gasteiger partial charge on any atom is -0.350 e. The van der Waals surface area contributed by atoms with Crippen LogP contribution in [0.25, 0.3) is 33.3 Å². The average molecular weight is 346 g/mol. The molecule has 0 radical (unpaired) electrons. The van der Waals surface area contributed by atoms with Crippen molar-refractivity contribution < 1.29 is 9.18 Å². The van der Waals surface area contributed by atoms with Gasteiger partial charge in [0.1, 0.15) is 5.82 Å². The summed E-state index contributed by atoms with van der Waals surface area (Å²) in [5.74, 6) is -0.244. The number of nitrogens with two attached hydrogens (primary N) is 1. The molecule has 0 aliphatic heterocycles. The third kappa shape index (κ3) is 2.61. The first-order chi connectivity index (χ1) is 12.5. The van der Waals surface area contributed by atoms with Gasteiger partial charge in [0.2, 0.25) is 0 Å². The van der Waals surface area contributed by atoms with Gasteiger partial charge >= 0.3 is 6.03 Å². The Bertz CT molecular complexity index is 1150. The Morgan fingerprint density at radius 3 is 2.69 bits per heavy atom. The summed E-state index contributed by atoms with van der Waals surface area (Å²) in [6.45, 7) is 1.73. The van der Waals surface area contributed by atoms with Crippen molar-refractivity contribution in [2.24, 2.45) is 5.73 Å². The second-order valence-corrected chi connectivity index (χ2v) is 6.03. The van der Waals surface area contributed by atoms with Crippen molar-refractivity contribution in [3.8, 4) is 22.4 Å². The molecule has 0 bridgehead atoms. The molecule has 6 heteroatoms. The van der Waals surface area contributed by atoms with Gasteiger partial charge in [-0.05, 0) is 54.4 Å². The van der Waals surface area contributed by atoms with Gasteiger partial charge in [0.15, 0.2) is 0 Å². The number of hydrogen-bond acceptors (Lipinski definition) is 3. The highest BCUT2D eigenvalue weighted by Gasteiger charge is 2.13. The van der Waals surface area contributed by atoms with Crippen LogP contribution >= 0.6 is 0 Å². The summed E-state index contributed by atoms with van der Waals surface area (Å²) in [4.78, 5) is 15.9. The largest absolute Gasteiger partial charge is 0.350 e. The maximum Gasteiger partial charge on any atom is 0.340 e. The minimum absolute atomic E-state index is 0.244. The van der Waals surface area contributed by atoms with E-state index in [9.17, 15) is 9.18 Å². The molecule has 0 saturated heterocycles. The van der Waals surface area contributed by atoms with Crippen molar-refractivity contribution in [1.82, 2.24) is 14.8 Å². The lowest BCUT2D eigenvalue weighted by Gasteiger charge is -2.10. The second kappa shape index (κ2) is 6.07. The lowest BCUT2D eigenvalue weighted by atomic mass is 9.97. The molecule has 2 N–H and O–H groups in total. The van der Waals surface area contributed by atoms with Crippen LogP contribution in [-0.4, -0.2) is 20.8 Å². The zero-order valence-electron chi connectivity index (χ0n) is 14.0. The van der Waals surface area contributed by atoms with E-state index in [1.807, 2.05) is 24.3 Å². The van der Waals surface area contributed by atoms with Crippen LogP contribution in [0.1, 0.15) is 5.56 Å². The number of carbonyl (C=O) groups is 1. The molecule has 0 aliphatic carbocycles. The van der Waals surface area contributed by atoms with E-state index in [0.717, 1.165) is 32.5 Å². The lowest BCUT2D eigenvalue weighted by Crippen LogP contribution is -2.20. The molecule has 0 saturated carbocycles. The van der Waals surface area contributed by atoms with Crippen molar-refractivity contribution in [2.75, 3.05) is 0 Å². The lowest BCUT2D eigenvalue weighted by molar-refractivity contribution is 0.248. The minimum atomic E-state index is -0.628. The molecule has 4 rings (SSSR count). The van der Waals surface area contributed by atoms with Crippen molar-refractivity contribution in [3.05, 3.63) is 72.3 Å². The highest BCUT2D eigenvalue weighted by Crippen LogP contribution is 2.32. The van der Waals surface area contributed by atoms with Crippen LogP contribution in [0.4, 0.5) is 9.18 Å². The van der Waals surface area contributed by atoms with Crippen LogP contribution in [0.15, 0.2) is 60.9 Å². The zero-order valence-corrected chi connectivity index (χ0v) is 14.0. The Morgan fingerprint density at radius 1 is 1.12 bits per heavy atom. The molecule has 0 atom stereocenters. The Labute approximate surface area is 148 Å². The van der Waals surface area contributed by atoms with Crippen LogP contribution < -0.4 is 5.73 Å². The van der Waals surface area contributed by atoms with Crippen LogP contribution in [-0.2, 0) is 0 Å². The van der Waals surface area contributed by atoms with Gasteiger partial charge in [0, 0.05) is 22.7 Å². The van der Waals surface area contributed by atoms with Crippen LogP contribution in [0.2, 0.25) is 0 Å². The highest BCUT2D eigenvalue weighted by molar-refractivity contribution is 5.93. The summed E-state index contributed by atoms with van der Waals surface area (Å²) in [5, 5.41) is 4.81. The molecule has 0 fully saturated rings. The third-order valence-corrected chi connectivity index (χ3v) is 4.33. The fourth-order valence-corrected chi connectivity index (χ4v) is 3.04. The number of nitrogens with zero attached hydrogens (tertiary/aromatic N) is 3. The van der Waals surface area contributed by atoms with Crippen LogP contribution in [0.5, 0.6) is 0 Å². The highest BCUT2D eigenvalue weighted by atomic mass is 19.1. The summed E-state index contributed by atoms with van der Waals surface area (Å²) in [6.07, 6.45) is 3.31. The number of fused-ring (bicyclic) bond motifs is 1. The predicted molar refractivity (Wildman–Crippen MR) is 98.1 cm³/mol. The monoisotopic (exact) mass is 346 g/mol. The fraction of sp³-hybridized carbons (Fsp3) is 0.0500. The third-order valence-electron chi connectivity index (χ3n) is 4.33. The Balaban J connectivity index is 1.87. The molecule has 128 valence electrons. The number of primary amides is 1. The van der Waals surface area contributed by atoms with Crippen molar-refractivity contribution in [2.45, 2.75) is 6.92 Å². The number of halogens is 1. The molecule has 4 aromatic rings. The average Bonchev–Trinajstić information content (AvgIpc) is 3.07. The first kappa shape index (κ1) is 16.0. The van der Waals surface area contributed by atoms with E-state index in [1.165, 1.54) is 6.07 Å². The molecule has 2 aromatic heterocycles. The molecule has 0 aliphatic rings. The SMILES string of the molecule is Cc1cc(-c2ncccc2-c2ccc3c(cnn3C(N)=O)c2)ccc1F. The normalized spacial score (nSPS) is 11.0.